The number of benzene rings is 1. The van der Waals surface area contributed by atoms with Crippen LogP contribution in [0, 0.1) is 6.92 Å². The summed E-state index contributed by atoms with van der Waals surface area (Å²) < 4.78 is 11.3. The van der Waals surface area contributed by atoms with Crippen molar-refractivity contribution >= 4 is 17.4 Å². The first kappa shape index (κ1) is 18.2. The fraction of sp³-hybridized carbons (Fsp3) is 0.400. The van der Waals surface area contributed by atoms with Gasteiger partial charge in [0.2, 0.25) is 0 Å². The lowest BCUT2D eigenvalue weighted by Gasteiger charge is -2.36. The zero-order chi connectivity index (χ0) is 18.5. The molecule has 0 aliphatic carbocycles. The first-order chi connectivity index (χ1) is 12.5. The number of aromatic nitrogens is 1. The van der Waals surface area contributed by atoms with Crippen molar-refractivity contribution in [2.75, 3.05) is 29.9 Å². The summed E-state index contributed by atoms with van der Waals surface area (Å²) in [6.07, 6.45) is 2.03. The van der Waals surface area contributed by atoms with Crippen molar-refractivity contribution in [3.63, 3.8) is 0 Å². The SMILES string of the molecule is Cc1ccccc1OCC(=O)Nc1ccc(N2CC(C)OC(C)C2)nc1. The van der Waals surface area contributed by atoms with Crippen LogP contribution in [0.25, 0.3) is 0 Å². The maximum atomic E-state index is 12.1. The lowest BCUT2D eigenvalue weighted by atomic mass is 10.2. The highest BCUT2D eigenvalue weighted by atomic mass is 16.5. The van der Waals surface area contributed by atoms with Gasteiger partial charge in [-0.3, -0.25) is 4.79 Å². The van der Waals surface area contributed by atoms with E-state index >= 15 is 0 Å². The molecule has 1 aliphatic rings. The fourth-order valence-electron chi connectivity index (χ4n) is 3.07. The van der Waals surface area contributed by atoms with Gasteiger partial charge in [0.05, 0.1) is 24.1 Å². The number of nitrogens with zero attached hydrogens (tertiary/aromatic N) is 2. The molecule has 2 unspecified atom stereocenters. The summed E-state index contributed by atoms with van der Waals surface area (Å²) in [5.74, 6) is 1.39. The molecular weight excluding hydrogens is 330 g/mol. The number of carbonyl (C=O) groups excluding carboxylic acids is 1. The van der Waals surface area contributed by atoms with Crippen LogP contribution in [-0.4, -0.2) is 42.8 Å². The molecule has 1 aliphatic heterocycles. The van der Waals surface area contributed by atoms with Gasteiger partial charge in [-0.05, 0) is 44.5 Å². The monoisotopic (exact) mass is 355 g/mol. The zero-order valence-corrected chi connectivity index (χ0v) is 15.4. The van der Waals surface area contributed by atoms with E-state index in [4.69, 9.17) is 9.47 Å². The molecule has 2 atom stereocenters. The number of amides is 1. The van der Waals surface area contributed by atoms with E-state index in [1.165, 1.54) is 0 Å². The third kappa shape index (κ3) is 4.73. The highest BCUT2D eigenvalue weighted by Gasteiger charge is 2.23. The average Bonchev–Trinajstić information content (AvgIpc) is 2.61. The molecule has 138 valence electrons. The summed E-state index contributed by atoms with van der Waals surface area (Å²) in [6, 6.07) is 11.4. The molecule has 2 aromatic rings. The molecule has 1 aromatic heterocycles. The lowest BCUT2D eigenvalue weighted by Crippen LogP contribution is -2.45. The van der Waals surface area contributed by atoms with Crippen LogP contribution in [0.5, 0.6) is 5.75 Å². The Balaban J connectivity index is 1.54. The number of ether oxygens (including phenoxy) is 2. The predicted molar refractivity (Wildman–Crippen MR) is 102 cm³/mol. The van der Waals surface area contributed by atoms with Crippen molar-refractivity contribution in [2.24, 2.45) is 0 Å². The number of anilines is 2. The van der Waals surface area contributed by atoms with Crippen LogP contribution in [0.4, 0.5) is 11.5 Å². The van der Waals surface area contributed by atoms with Gasteiger partial charge in [-0.2, -0.15) is 0 Å². The number of pyridine rings is 1. The van der Waals surface area contributed by atoms with Gasteiger partial charge in [0.25, 0.3) is 5.91 Å². The van der Waals surface area contributed by atoms with Gasteiger partial charge in [0.15, 0.2) is 6.61 Å². The summed E-state index contributed by atoms with van der Waals surface area (Å²) in [5.41, 5.74) is 1.65. The summed E-state index contributed by atoms with van der Waals surface area (Å²) in [7, 11) is 0. The Morgan fingerprint density at radius 2 is 1.96 bits per heavy atom. The second-order valence-corrected chi connectivity index (χ2v) is 6.67. The van der Waals surface area contributed by atoms with E-state index in [1.807, 2.05) is 43.3 Å². The van der Waals surface area contributed by atoms with Gasteiger partial charge in [-0.25, -0.2) is 4.98 Å². The predicted octanol–water partition coefficient (Wildman–Crippen LogP) is 3.02. The molecule has 26 heavy (non-hydrogen) atoms. The summed E-state index contributed by atoms with van der Waals surface area (Å²) >= 11 is 0. The lowest BCUT2D eigenvalue weighted by molar-refractivity contribution is -0.118. The van der Waals surface area contributed by atoms with Crippen LogP contribution in [-0.2, 0) is 9.53 Å². The molecular formula is C20H25N3O3. The van der Waals surface area contributed by atoms with Gasteiger partial charge < -0.3 is 19.7 Å². The van der Waals surface area contributed by atoms with E-state index in [9.17, 15) is 4.79 Å². The van der Waals surface area contributed by atoms with Crippen molar-refractivity contribution < 1.29 is 14.3 Å². The number of morpholine rings is 1. The normalized spacial score (nSPS) is 19.9. The van der Waals surface area contributed by atoms with Crippen LogP contribution in [0.1, 0.15) is 19.4 Å². The molecule has 0 bridgehead atoms. The Morgan fingerprint density at radius 3 is 2.62 bits per heavy atom. The van der Waals surface area contributed by atoms with E-state index in [-0.39, 0.29) is 24.7 Å². The van der Waals surface area contributed by atoms with Crippen molar-refractivity contribution in [1.82, 2.24) is 4.98 Å². The first-order valence-electron chi connectivity index (χ1n) is 8.86. The molecule has 1 saturated heterocycles. The fourth-order valence-corrected chi connectivity index (χ4v) is 3.07. The molecule has 0 saturated carbocycles. The second-order valence-electron chi connectivity index (χ2n) is 6.67. The Hall–Kier alpha value is -2.60. The molecule has 1 aromatic carbocycles. The second kappa shape index (κ2) is 8.19. The molecule has 1 fully saturated rings. The van der Waals surface area contributed by atoms with Gasteiger partial charge >= 0.3 is 0 Å². The van der Waals surface area contributed by atoms with Crippen molar-refractivity contribution in [3.8, 4) is 5.75 Å². The molecule has 1 N–H and O–H groups in total. The molecule has 0 spiro atoms. The van der Waals surface area contributed by atoms with Crippen molar-refractivity contribution in [2.45, 2.75) is 33.0 Å². The number of carbonyl (C=O) groups is 1. The maximum absolute atomic E-state index is 12.1. The van der Waals surface area contributed by atoms with E-state index in [0.29, 0.717) is 11.4 Å². The number of hydrogen-bond acceptors (Lipinski definition) is 5. The van der Waals surface area contributed by atoms with E-state index < -0.39 is 0 Å². The smallest absolute Gasteiger partial charge is 0.262 e. The molecule has 3 rings (SSSR count). The van der Waals surface area contributed by atoms with E-state index in [0.717, 1.165) is 24.5 Å². The van der Waals surface area contributed by atoms with Gasteiger partial charge in [0.1, 0.15) is 11.6 Å². The largest absolute Gasteiger partial charge is 0.483 e. The average molecular weight is 355 g/mol. The molecule has 0 radical (unpaired) electrons. The molecule has 6 heteroatoms. The van der Waals surface area contributed by atoms with Gasteiger partial charge in [-0.1, -0.05) is 18.2 Å². The summed E-state index contributed by atoms with van der Waals surface area (Å²) in [4.78, 5) is 18.8. The van der Waals surface area contributed by atoms with Crippen LogP contribution >= 0.6 is 0 Å². The van der Waals surface area contributed by atoms with Crippen molar-refractivity contribution in [3.05, 3.63) is 48.2 Å². The minimum absolute atomic E-state index is 0.0366. The third-order valence-electron chi connectivity index (χ3n) is 4.23. The Morgan fingerprint density at radius 1 is 1.23 bits per heavy atom. The summed E-state index contributed by atoms with van der Waals surface area (Å²) in [6.45, 7) is 7.66. The van der Waals surface area contributed by atoms with Crippen LogP contribution in [0.3, 0.4) is 0 Å². The Labute approximate surface area is 154 Å². The van der Waals surface area contributed by atoms with Crippen molar-refractivity contribution in [1.29, 1.82) is 0 Å². The molecule has 2 heterocycles. The standard InChI is InChI=1S/C20H25N3O3/c1-14-6-4-5-7-18(14)25-13-20(24)22-17-8-9-19(21-10-17)23-11-15(2)26-16(3)12-23/h4-10,15-16H,11-13H2,1-3H3,(H,22,24). The highest BCUT2D eigenvalue weighted by molar-refractivity contribution is 5.91. The van der Waals surface area contributed by atoms with E-state index in [2.05, 4.69) is 29.0 Å². The quantitative estimate of drug-likeness (QED) is 0.893. The minimum Gasteiger partial charge on any atom is -0.483 e. The van der Waals surface area contributed by atoms with Gasteiger partial charge in [0, 0.05) is 13.1 Å². The summed E-state index contributed by atoms with van der Waals surface area (Å²) in [5, 5.41) is 2.81. The maximum Gasteiger partial charge on any atom is 0.262 e. The number of para-hydroxylation sites is 1. The first-order valence-corrected chi connectivity index (χ1v) is 8.86. The number of hydrogen-bond donors (Lipinski definition) is 1. The number of nitrogens with one attached hydrogen (secondary N) is 1. The van der Waals surface area contributed by atoms with Gasteiger partial charge in [-0.15, -0.1) is 0 Å². The number of rotatable bonds is 5. The van der Waals surface area contributed by atoms with Crippen LogP contribution in [0.2, 0.25) is 0 Å². The van der Waals surface area contributed by atoms with Crippen LogP contribution < -0.4 is 15.0 Å². The third-order valence-corrected chi connectivity index (χ3v) is 4.23. The molecule has 1 amide bonds. The topological polar surface area (TPSA) is 63.7 Å². The molecule has 6 nitrogen and oxygen atoms in total. The minimum atomic E-state index is -0.212. The Bertz CT molecular complexity index is 738. The number of aryl methyl sites for hydroxylation is 1. The Kier molecular flexibility index (Phi) is 5.73. The highest BCUT2D eigenvalue weighted by Crippen LogP contribution is 2.20. The van der Waals surface area contributed by atoms with E-state index in [1.54, 1.807) is 6.20 Å². The zero-order valence-electron chi connectivity index (χ0n) is 15.4. The van der Waals surface area contributed by atoms with Crippen LogP contribution in [0.15, 0.2) is 42.6 Å².